The molecule has 3 N–H and O–H groups in total. The minimum atomic E-state index is -0.949. The maximum atomic E-state index is 12.4. The summed E-state index contributed by atoms with van der Waals surface area (Å²) in [5, 5.41) is 2.70. The Morgan fingerprint density at radius 1 is 1.18 bits per heavy atom. The van der Waals surface area contributed by atoms with Crippen LogP contribution in [-0.2, 0) is 22.4 Å². The average molecular weight is 401 g/mol. The van der Waals surface area contributed by atoms with E-state index in [1.807, 2.05) is 6.07 Å². The largest absolute Gasteiger partial charge is 0.448 e. The zero-order chi connectivity index (χ0) is 20.3. The number of rotatable bonds is 7. The summed E-state index contributed by atoms with van der Waals surface area (Å²) in [6.07, 6.45) is 1.85. The van der Waals surface area contributed by atoms with E-state index in [1.165, 1.54) is 23.1 Å². The fourth-order valence-electron chi connectivity index (χ4n) is 2.93. The first-order valence-corrected chi connectivity index (χ1v) is 10.1. The van der Waals surface area contributed by atoms with E-state index in [0.29, 0.717) is 21.6 Å². The molecule has 8 heteroatoms. The summed E-state index contributed by atoms with van der Waals surface area (Å²) in [5.41, 5.74) is 2.58. The second kappa shape index (κ2) is 8.43. The van der Waals surface area contributed by atoms with Gasteiger partial charge in [0.1, 0.15) is 4.88 Å². The normalized spacial score (nSPS) is 12.1. The molecule has 2 aromatic heterocycles. The van der Waals surface area contributed by atoms with Crippen molar-refractivity contribution in [1.29, 1.82) is 0 Å². The maximum Gasteiger partial charge on any atom is 0.349 e. The molecule has 28 heavy (non-hydrogen) atoms. The van der Waals surface area contributed by atoms with Crippen LogP contribution in [0.3, 0.4) is 0 Å². The van der Waals surface area contributed by atoms with Gasteiger partial charge in [0, 0.05) is 10.6 Å². The summed E-state index contributed by atoms with van der Waals surface area (Å²) < 4.78 is 5.35. The third-order valence-corrected chi connectivity index (χ3v) is 5.61. The lowest BCUT2D eigenvalue weighted by atomic mass is 10.1. The number of nitrogens with one attached hydrogen (secondary N) is 3. The van der Waals surface area contributed by atoms with Crippen LogP contribution in [0.1, 0.15) is 47.3 Å². The van der Waals surface area contributed by atoms with E-state index in [9.17, 15) is 14.4 Å². The summed E-state index contributed by atoms with van der Waals surface area (Å²) in [7, 11) is 0. The van der Waals surface area contributed by atoms with Gasteiger partial charge in [-0.25, -0.2) is 9.59 Å². The number of imidazole rings is 1. The summed E-state index contributed by atoms with van der Waals surface area (Å²) in [6.45, 7) is 5.69. The highest BCUT2D eigenvalue weighted by Gasteiger charge is 2.21. The Labute approximate surface area is 166 Å². The van der Waals surface area contributed by atoms with Crippen molar-refractivity contribution in [2.75, 3.05) is 5.32 Å². The van der Waals surface area contributed by atoms with Gasteiger partial charge in [-0.3, -0.25) is 4.79 Å². The lowest BCUT2D eigenvalue weighted by molar-refractivity contribution is -0.123. The molecule has 3 aromatic rings. The van der Waals surface area contributed by atoms with Crippen molar-refractivity contribution in [3.8, 4) is 0 Å². The van der Waals surface area contributed by atoms with Gasteiger partial charge in [0.05, 0.1) is 11.0 Å². The molecule has 0 aliphatic carbocycles. The second-order valence-corrected chi connectivity index (χ2v) is 7.68. The number of aromatic nitrogens is 2. The molecule has 1 atom stereocenters. The maximum absolute atomic E-state index is 12.4. The van der Waals surface area contributed by atoms with E-state index < -0.39 is 18.0 Å². The molecule has 148 valence electrons. The van der Waals surface area contributed by atoms with E-state index in [1.54, 1.807) is 18.2 Å². The molecule has 0 spiro atoms. The van der Waals surface area contributed by atoms with Crippen LogP contribution >= 0.6 is 11.3 Å². The predicted octanol–water partition coefficient (Wildman–Crippen LogP) is 3.62. The van der Waals surface area contributed by atoms with Gasteiger partial charge in [0.25, 0.3) is 5.91 Å². The number of amides is 1. The number of aromatic amines is 2. The summed E-state index contributed by atoms with van der Waals surface area (Å²) in [6, 6.07) is 6.86. The molecule has 0 bridgehead atoms. The van der Waals surface area contributed by atoms with Crippen LogP contribution < -0.4 is 11.0 Å². The van der Waals surface area contributed by atoms with Crippen molar-refractivity contribution >= 4 is 39.9 Å². The molecule has 0 fully saturated rings. The third kappa shape index (κ3) is 4.33. The molecule has 0 aliphatic heterocycles. The van der Waals surface area contributed by atoms with E-state index in [4.69, 9.17) is 4.74 Å². The average Bonchev–Trinajstić information content (AvgIpc) is 3.23. The van der Waals surface area contributed by atoms with Gasteiger partial charge in [-0.1, -0.05) is 20.3 Å². The number of fused-ring (bicyclic) bond motifs is 1. The number of hydrogen-bond acceptors (Lipinski definition) is 5. The Morgan fingerprint density at radius 3 is 2.64 bits per heavy atom. The third-order valence-electron chi connectivity index (χ3n) is 4.39. The number of carbonyl (C=O) groups excluding carboxylic acids is 2. The van der Waals surface area contributed by atoms with Gasteiger partial charge >= 0.3 is 11.7 Å². The van der Waals surface area contributed by atoms with E-state index >= 15 is 0 Å². The number of thiophene rings is 1. The Morgan fingerprint density at radius 2 is 1.93 bits per heavy atom. The highest BCUT2D eigenvalue weighted by molar-refractivity contribution is 7.14. The van der Waals surface area contributed by atoms with Gasteiger partial charge < -0.3 is 20.0 Å². The Bertz CT molecular complexity index is 1060. The lowest BCUT2D eigenvalue weighted by Gasteiger charge is -2.13. The first-order chi connectivity index (χ1) is 13.4. The molecule has 1 amide bonds. The van der Waals surface area contributed by atoms with E-state index in [2.05, 4.69) is 29.1 Å². The molecule has 1 aromatic carbocycles. The van der Waals surface area contributed by atoms with Crippen LogP contribution in [0.25, 0.3) is 11.0 Å². The SMILES string of the molecule is CCCc1sc(C(=O)O[C@H](C)C(=O)Nc2ccc3[nH]c(=O)[nH]c3c2)cc1CC. The molecular formula is C20H23N3O4S. The lowest BCUT2D eigenvalue weighted by Crippen LogP contribution is -2.29. The molecule has 0 radical (unpaired) electrons. The molecule has 0 saturated carbocycles. The van der Waals surface area contributed by atoms with Crippen molar-refractivity contribution in [1.82, 2.24) is 9.97 Å². The highest BCUT2D eigenvalue weighted by atomic mass is 32.1. The fourth-order valence-corrected chi connectivity index (χ4v) is 4.17. The van der Waals surface area contributed by atoms with Crippen LogP contribution in [0.15, 0.2) is 29.1 Å². The zero-order valence-corrected chi connectivity index (χ0v) is 16.9. The Hall–Kier alpha value is -2.87. The minimum absolute atomic E-state index is 0.314. The van der Waals surface area contributed by atoms with Crippen LogP contribution in [0.5, 0.6) is 0 Å². The quantitative estimate of drug-likeness (QED) is 0.526. The summed E-state index contributed by atoms with van der Waals surface area (Å²) >= 11 is 1.43. The minimum Gasteiger partial charge on any atom is -0.448 e. The standard InChI is InChI=1S/C20H23N3O4S/c1-4-6-16-12(5-2)9-17(28-16)19(25)27-11(3)18(24)21-13-7-8-14-15(10-13)23-20(26)22-14/h7-11H,4-6H2,1-3H3,(H,21,24)(H2,22,23,26)/t11-/m1/s1. The van der Waals surface area contributed by atoms with Gasteiger partial charge in [-0.2, -0.15) is 0 Å². The smallest absolute Gasteiger partial charge is 0.349 e. The molecule has 3 rings (SSSR count). The van der Waals surface area contributed by atoms with Crippen molar-refractivity contribution < 1.29 is 14.3 Å². The van der Waals surface area contributed by atoms with Gasteiger partial charge in [-0.15, -0.1) is 11.3 Å². The number of benzene rings is 1. The van der Waals surface area contributed by atoms with Crippen LogP contribution in [-0.4, -0.2) is 27.9 Å². The highest BCUT2D eigenvalue weighted by Crippen LogP contribution is 2.25. The van der Waals surface area contributed by atoms with Gasteiger partial charge in [0.15, 0.2) is 6.10 Å². The fraction of sp³-hybridized carbons (Fsp3) is 0.350. The molecule has 0 aliphatic rings. The second-order valence-electron chi connectivity index (χ2n) is 6.54. The van der Waals surface area contributed by atoms with Crippen molar-refractivity contribution in [3.63, 3.8) is 0 Å². The van der Waals surface area contributed by atoms with Crippen LogP contribution in [0, 0.1) is 0 Å². The number of ether oxygens (including phenoxy) is 1. The molecule has 0 unspecified atom stereocenters. The van der Waals surface area contributed by atoms with Crippen molar-refractivity contribution in [2.45, 2.75) is 46.1 Å². The first-order valence-electron chi connectivity index (χ1n) is 9.26. The summed E-state index contributed by atoms with van der Waals surface area (Å²) in [5.74, 6) is -0.929. The molecule has 0 saturated heterocycles. The number of carbonyl (C=O) groups is 2. The predicted molar refractivity (Wildman–Crippen MR) is 110 cm³/mol. The molecular weight excluding hydrogens is 378 g/mol. The number of H-pyrrole nitrogens is 2. The Balaban J connectivity index is 1.65. The monoisotopic (exact) mass is 401 g/mol. The van der Waals surface area contributed by atoms with E-state index in [0.717, 1.165) is 24.8 Å². The number of esters is 1. The van der Waals surface area contributed by atoms with Crippen molar-refractivity contribution in [2.24, 2.45) is 0 Å². The number of anilines is 1. The van der Waals surface area contributed by atoms with E-state index in [-0.39, 0.29) is 5.69 Å². The van der Waals surface area contributed by atoms with Gasteiger partial charge in [-0.05, 0) is 49.6 Å². The van der Waals surface area contributed by atoms with Crippen LogP contribution in [0.2, 0.25) is 0 Å². The van der Waals surface area contributed by atoms with Crippen LogP contribution in [0.4, 0.5) is 5.69 Å². The van der Waals surface area contributed by atoms with Crippen molar-refractivity contribution in [3.05, 3.63) is 50.1 Å². The summed E-state index contributed by atoms with van der Waals surface area (Å²) in [4.78, 5) is 43.1. The number of hydrogen-bond donors (Lipinski definition) is 3. The molecule has 7 nitrogen and oxygen atoms in total. The Kier molecular flexibility index (Phi) is 5.99. The first kappa shape index (κ1) is 19.9. The molecule has 2 heterocycles. The topological polar surface area (TPSA) is 104 Å². The zero-order valence-electron chi connectivity index (χ0n) is 16.0. The number of aryl methyl sites for hydroxylation is 2. The van der Waals surface area contributed by atoms with Gasteiger partial charge in [0.2, 0.25) is 0 Å².